The molecule has 0 aromatic carbocycles. The number of rotatable bonds is 2. The average Bonchev–Trinajstić information content (AvgIpc) is 2.54. The van der Waals surface area contributed by atoms with Crippen LogP contribution >= 0.6 is 11.6 Å². The summed E-state index contributed by atoms with van der Waals surface area (Å²) in [6.07, 6.45) is 5.48. The van der Waals surface area contributed by atoms with Crippen LogP contribution in [0.15, 0.2) is 0 Å². The SMILES string of the molecule is CC(C)(C)Cc1nn(C2CCCCCC2O)c(N)c1Cl. The van der Waals surface area contributed by atoms with E-state index in [0.29, 0.717) is 10.8 Å². The standard InChI is InChI=1S/C15H26ClN3O/c1-15(2,3)9-10-13(16)14(17)19(18-10)11-7-5-4-6-8-12(11)20/h11-12,20H,4-9,17H2,1-3H3. The number of nitrogens with two attached hydrogens (primary N) is 1. The topological polar surface area (TPSA) is 64.1 Å². The van der Waals surface area contributed by atoms with Crippen molar-refractivity contribution in [3.8, 4) is 0 Å². The third-order valence-corrected chi connectivity index (χ3v) is 4.32. The predicted molar refractivity (Wildman–Crippen MR) is 82.9 cm³/mol. The van der Waals surface area contributed by atoms with Crippen molar-refractivity contribution >= 4 is 17.4 Å². The number of hydrogen-bond donors (Lipinski definition) is 2. The van der Waals surface area contributed by atoms with Crippen LogP contribution in [0.4, 0.5) is 5.82 Å². The molecule has 0 aliphatic heterocycles. The van der Waals surface area contributed by atoms with Crippen LogP contribution in [0.25, 0.3) is 0 Å². The molecule has 114 valence electrons. The molecule has 3 N–H and O–H groups in total. The number of halogens is 1. The molecule has 20 heavy (non-hydrogen) atoms. The summed E-state index contributed by atoms with van der Waals surface area (Å²) in [6, 6.07) is -0.0382. The van der Waals surface area contributed by atoms with Gasteiger partial charge < -0.3 is 10.8 Å². The van der Waals surface area contributed by atoms with E-state index < -0.39 is 0 Å². The molecule has 1 fully saturated rings. The summed E-state index contributed by atoms with van der Waals surface area (Å²) in [5, 5.41) is 15.5. The number of nitrogens with zero attached hydrogens (tertiary/aromatic N) is 2. The summed E-state index contributed by atoms with van der Waals surface area (Å²) in [5.41, 5.74) is 7.07. The van der Waals surface area contributed by atoms with E-state index in [2.05, 4.69) is 25.9 Å². The number of aliphatic hydroxyl groups is 1. The molecule has 5 heteroatoms. The fourth-order valence-corrected chi connectivity index (χ4v) is 3.09. The zero-order valence-corrected chi connectivity index (χ0v) is 13.5. The molecule has 0 bridgehead atoms. The van der Waals surface area contributed by atoms with Crippen molar-refractivity contribution in [2.24, 2.45) is 5.41 Å². The predicted octanol–water partition coefficient (Wildman–Crippen LogP) is 3.57. The lowest BCUT2D eigenvalue weighted by Crippen LogP contribution is -2.25. The van der Waals surface area contributed by atoms with Crippen LogP contribution in [-0.2, 0) is 6.42 Å². The Morgan fingerprint density at radius 3 is 2.60 bits per heavy atom. The molecule has 1 aromatic heterocycles. The summed E-state index contributed by atoms with van der Waals surface area (Å²) in [4.78, 5) is 0. The van der Waals surface area contributed by atoms with E-state index in [1.54, 1.807) is 4.68 Å². The minimum atomic E-state index is -0.377. The summed E-state index contributed by atoms with van der Waals surface area (Å²) in [6.45, 7) is 6.46. The van der Waals surface area contributed by atoms with E-state index in [0.717, 1.165) is 44.2 Å². The number of nitrogen functional groups attached to an aromatic ring is 1. The highest BCUT2D eigenvalue weighted by Crippen LogP contribution is 2.35. The lowest BCUT2D eigenvalue weighted by Gasteiger charge is -2.22. The van der Waals surface area contributed by atoms with Crippen molar-refractivity contribution in [1.82, 2.24) is 9.78 Å². The van der Waals surface area contributed by atoms with Crippen molar-refractivity contribution in [3.05, 3.63) is 10.7 Å². The molecule has 1 heterocycles. The minimum Gasteiger partial charge on any atom is -0.391 e. The van der Waals surface area contributed by atoms with Gasteiger partial charge in [-0.05, 0) is 24.7 Å². The highest BCUT2D eigenvalue weighted by molar-refractivity contribution is 6.33. The molecule has 1 aromatic rings. The van der Waals surface area contributed by atoms with E-state index >= 15 is 0 Å². The van der Waals surface area contributed by atoms with Gasteiger partial charge in [-0.25, -0.2) is 4.68 Å². The van der Waals surface area contributed by atoms with E-state index in [1.807, 2.05) is 0 Å². The Hall–Kier alpha value is -0.740. The molecule has 0 amide bonds. The van der Waals surface area contributed by atoms with Crippen LogP contribution in [0.1, 0.15) is 64.6 Å². The van der Waals surface area contributed by atoms with Gasteiger partial charge in [-0.2, -0.15) is 5.10 Å². The van der Waals surface area contributed by atoms with Crippen molar-refractivity contribution in [2.45, 2.75) is 71.4 Å². The maximum Gasteiger partial charge on any atom is 0.141 e. The zero-order valence-electron chi connectivity index (χ0n) is 12.7. The monoisotopic (exact) mass is 299 g/mol. The van der Waals surface area contributed by atoms with Gasteiger partial charge in [0.2, 0.25) is 0 Å². The van der Waals surface area contributed by atoms with Crippen LogP contribution in [0.5, 0.6) is 0 Å². The smallest absolute Gasteiger partial charge is 0.141 e. The van der Waals surface area contributed by atoms with Crippen LogP contribution in [0, 0.1) is 5.41 Å². The number of hydrogen-bond acceptors (Lipinski definition) is 3. The van der Waals surface area contributed by atoms with E-state index in [4.69, 9.17) is 17.3 Å². The first kappa shape index (κ1) is 15.6. The van der Waals surface area contributed by atoms with Gasteiger partial charge in [-0.1, -0.05) is 51.6 Å². The Labute approximate surface area is 126 Å². The maximum atomic E-state index is 10.3. The van der Waals surface area contributed by atoms with Gasteiger partial charge in [0.05, 0.1) is 17.8 Å². The average molecular weight is 300 g/mol. The normalized spacial score (nSPS) is 24.6. The number of anilines is 1. The first-order valence-corrected chi connectivity index (χ1v) is 7.88. The Morgan fingerprint density at radius 2 is 1.95 bits per heavy atom. The van der Waals surface area contributed by atoms with E-state index in [9.17, 15) is 5.11 Å². The van der Waals surface area contributed by atoms with Gasteiger partial charge in [0.25, 0.3) is 0 Å². The van der Waals surface area contributed by atoms with Gasteiger partial charge in [-0.15, -0.1) is 0 Å². The molecule has 0 radical (unpaired) electrons. The van der Waals surface area contributed by atoms with E-state index in [1.165, 1.54) is 0 Å². The third kappa shape index (κ3) is 3.47. The fraction of sp³-hybridized carbons (Fsp3) is 0.800. The lowest BCUT2D eigenvalue weighted by molar-refractivity contribution is 0.0999. The molecule has 2 unspecified atom stereocenters. The molecule has 1 saturated carbocycles. The Kier molecular flexibility index (Phi) is 4.65. The van der Waals surface area contributed by atoms with Gasteiger partial charge in [-0.3, -0.25) is 0 Å². The maximum absolute atomic E-state index is 10.3. The molecule has 4 nitrogen and oxygen atoms in total. The van der Waals surface area contributed by atoms with Crippen molar-refractivity contribution < 1.29 is 5.11 Å². The quantitative estimate of drug-likeness (QED) is 0.821. The minimum absolute atomic E-state index is 0.0382. The third-order valence-electron chi connectivity index (χ3n) is 3.91. The Morgan fingerprint density at radius 1 is 1.30 bits per heavy atom. The van der Waals surface area contributed by atoms with Crippen molar-refractivity contribution in [2.75, 3.05) is 5.73 Å². The fourth-order valence-electron chi connectivity index (χ4n) is 2.90. The summed E-state index contributed by atoms with van der Waals surface area (Å²) in [7, 11) is 0. The van der Waals surface area contributed by atoms with Crippen LogP contribution < -0.4 is 5.73 Å². The Balaban J connectivity index is 2.29. The second-order valence-electron chi connectivity index (χ2n) is 7.10. The van der Waals surface area contributed by atoms with Crippen LogP contribution in [-0.4, -0.2) is 21.0 Å². The second kappa shape index (κ2) is 5.94. The summed E-state index contributed by atoms with van der Waals surface area (Å²) >= 11 is 6.34. The van der Waals surface area contributed by atoms with Crippen molar-refractivity contribution in [1.29, 1.82) is 0 Å². The van der Waals surface area contributed by atoms with Gasteiger partial charge in [0.1, 0.15) is 10.8 Å². The highest BCUT2D eigenvalue weighted by Gasteiger charge is 2.28. The van der Waals surface area contributed by atoms with Gasteiger partial charge in [0, 0.05) is 0 Å². The molecule has 0 spiro atoms. The highest BCUT2D eigenvalue weighted by atomic mass is 35.5. The number of aliphatic hydroxyl groups excluding tert-OH is 1. The molecule has 2 atom stereocenters. The second-order valence-corrected chi connectivity index (χ2v) is 7.48. The lowest BCUT2D eigenvalue weighted by atomic mass is 9.91. The Bertz CT molecular complexity index is 464. The molecular weight excluding hydrogens is 274 g/mol. The van der Waals surface area contributed by atoms with Crippen molar-refractivity contribution in [3.63, 3.8) is 0 Å². The van der Waals surface area contributed by atoms with Crippen LogP contribution in [0.2, 0.25) is 5.02 Å². The molecular formula is C15H26ClN3O. The van der Waals surface area contributed by atoms with Gasteiger partial charge in [0.15, 0.2) is 0 Å². The number of aromatic nitrogens is 2. The zero-order chi connectivity index (χ0) is 14.9. The van der Waals surface area contributed by atoms with Crippen LogP contribution in [0.3, 0.4) is 0 Å². The molecule has 1 aliphatic carbocycles. The van der Waals surface area contributed by atoms with E-state index in [-0.39, 0.29) is 17.6 Å². The largest absolute Gasteiger partial charge is 0.391 e. The molecule has 0 saturated heterocycles. The summed E-state index contributed by atoms with van der Waals surface area (Å²) in [5.74, 6) is 0.497. The first-order valence-electron chi connectivity index (χ1n) is 7.50. The molecule has 2 rings (SSSR count). The first-order chi connectivity index (χ1) is 9.29. The summed E-state index contributed by atoms with van der Waals surface area (Å²) < 4.78 is 1.76. The molecule has 1 aliphatic rings. The van der Waals surface area contributed by atoms with Gasteiger partial charge >= 0.3 is 0 Å².